The lowest BCUT2D eigenvalue weighted by atomic mass is 10.1. The average Bonchev–Trinajstić information content (AvgIpc) is 2.70. The first-order valence-corrected chi connectivity index (χ1v) is 14.6. The van der Waals surface area contributed by atoms with Gasteiger partial charge in [-0.25, -0.2) is 0 Å². The topological polar surface area (TPSA) is 18.5 Å². The SMILES string of the molecule is CCCCCCCCCCCCOP(Cl)OCCCCCCCCCCCC. The Morgan fingerprint density at radius 3 is 0.964 bits per heavy atom. The van der Waals surface area contributed by atoms with Gasteiger partial charge in [0, 0.05) is 0 Å². The molecule has 0 aromatic rings. The molecule has 0 aromatic heterocycles. The predicted octanol–water partition coefficient (Wildman–Crippen LogP) is 10.3. The number of hydrogen-bond acceptors (Lipinski definition) is 2. The van der Waals surface area contributed by atoms with E-state index < -0.39 is 7.73 Å². The monoisotopic (exact) mass is 436 g/mol. The maximum atomic E-state index is 6.15. The largest absolute Gasteiger partial charge is 0.322 e. The van der Waals surface area contributed by atoms with Crippen molar-refractivity contribution in [2.45, 2.75) is 142 Å². The van der Waals surface area contributed by atoms with Crippen LogP contribution in [-0.4, -0.2) is 13.2 Å². The van der Waals surface area contributed by atoms with Crippen molar-refractivity contribution >= 4 is 19.0 Å². The normalized spacial score (nSPS) is 11.6. The van der Waals surface area contributed by atoms with Gasteiger partial charge in [0.1, 0.15) is 0 Å². The molecule has 0 rings (SSSR count). The molecule has 0 N–H and O–H groups in total. The van der Waals surface area contributed by atoms with Crippen LogP contribution in [0.15, 0.2) is 0 Å². The summed E-state index contributed by atoms with van der Waals surface area (Å²) in [6, 6.07) is 0. The molecule has 0 saturated heterocycles. The molecule has 0 radical (unpaired) electrons. The minimum absolute atomic E-state index is 0.754. The Kier molecular flexibility index (Phi) is 26.3. The Balaban J connectivity index is 3.12. The van der Waals surface area contributed by atoms with E-state index in [1.54, 1.807) is 0 Å². The van der Waals surface area contributed by atoms with Crippen LogP contribution in [0.25, 0.3) is 0 Å². The summed E-state index contributed by atoms with van der Waals surface area (Å²) in [4.78, 5) is 0. The molecule has 0 atom stereocenters. The third-order valence-corrected chi connectivity index (χ3v) is 6.74. The lowest BCUT2D eigenvalue weighted by Crippen LogP contribution is -1.93. The summed E-state index contributed by atoms with van der Waals surface area (Å²) in [7, 11) is -1.18. The Hall–Kier alpha value is 0.640. The molecule has 2 nitrogen and oxygen atoms in total. The molecule has 0 aliphatic rings. The summed E-state index contributed by atoms with van der Waals surface area (Å²) in [5.74, 6) is 0. The van der Waals surface area contributed by atoms with E-state index >= 15 is 0 Å². The maximum absolute atomic E-state index is 6.15. The van der Waals surface area contributed by atoms with Crippen molar-refractivity contribution in [2.75, 3.05) is 13.2 Å². The van der Waals surface area contributed by atoms with E-state index in [2.05, 4.69) is 13.8 Å². The number of hydrogen-bond donors (Lipinski definition) is 0. The van der Waals surface area contributed by atoms with Crippen LogP contribution in [0.4, 0.5) is 0 Å². The highest BCUT2D eigenvalue weighted by Gasteiger charge is 2.05. The van der Waals surface area contributed by atoms with Crippen LogP contribution in [0.2, 0.25) is 0 Å². The van der Waals surface area contributed by atoms with Crippen LogP contribution in [0.5, 0.6) is 0 Å². The van der Waals surface area contributed by atoms with Crippen LogP contribution < -0.4 is 0 Å². The standard InChI is InChI=1S/C24H50ClO2P/c1-3-5-7-9-11-13-15-17-19-21-23-26-28(25)27-24-22-20-18-16-14-12-10-8-6-4-2/h3-24H2,1-2H3. The van der Waals surface area contributed by atoms with Gasteiger partial charge in [0.2, 0.25) is 0 Å². The summed E-state index contributed by atoms with van der Waals surface area (Å²) < 4.78 is 11.2. The van der Waals surface area contributed by atoms with Crippen LogP contribution in [0.3, 0.4) is 0 Å². The first-order valence-electron chi connectivity index (χ1n) is 12.5. The van der Waals surface area contributed by atoms with Gasteiger partial charge in [-0.2, -0.15) is 0 Å². The Labute approximate surface area is 183 Å². The lowest BCUT2D eigenvalue weighted by molar-refractivity contribution is 0.250. The molecule has 0 bridgehead atoms. The highest BCUT2D eigenvalue weighted by Crippen LogP contribution is 2.44. The van der Waals surface area contributed by atoms with Gasteiger partial charge in [-0.15, -0.1) is 0 Å². The predicted molar refractivity (Wildman–Crippen MR) is 128 cm³/mol. The van der Waals surface area contributed by atoms with Crippen LogP contribution >= 0.6 is 19.0 Å². The molecule has 0 aromatic carbocycles. The molecule has 0 aliphatic carbocycles. The molecule has 0 amide bonds. The maximum Gasteiger partial charge on any atom is 0.276 e. The smallest absolute Gasteiger partial charge is 0.276 e. The van der Waals surface area contributed by atoms with E-state index in [9.17, 15) is 0 Å². The molecule has 170 valence electrons. The summed E-state index contributed by atoms with van der Waals surface area (Å²) in [5, 5.41) is 0. The van der Waals surface area contributed by atoms with Crippen molar-refractivity contribution in [1.29, 1.82) is 0 Å². The summed E-state index contributed by atoms with van der Waals surface area (Å²) >= 11 is 6.15. The molecule has 0 heterocycles. The molecule has 0 fully saturated rings. The Bertz CT molecular complexity index is 253. The van der Waals surface area contributed by atoms with E-state index in [1.165, 1.54) is 116 Å². The fourth-order valence-electron chi connectivity index (χ4n) is 3.49. The van der Waals surface area contributed by atoms with Crippen LogP contribution in [0, 0.1) is 0 Å². The molecular weight excluding hydrogens is 387 g/mol. The van der Waals surface area contributed by atoms with E-state index in [1.807, 2.05) is 0 Å². The fourth-order valence-corrected chi connectivity index (χ4v) is 4.52. The summed E-state index contributed by atoms with van der Waals surface area (Å²) in [6.45, 7) is 6.06. The third kappa shape index (κ3) is 24.7. The highest BCUT2D eigenvalue weighted by atomic mass is 35.7. The van der Waals surface area contributed by atoms with Crippen molar-refractivity contribution in [3.63, 3.8) is 0 Å². The highest BCUT2D eigenvalue weighted by molar-refractivity contribution is 7.76. The van der Waals surface area contributed by atoms with E-state index in [-0.39, 0.29) is 0 Å². The molecule has 0 spiro atoms. The van der Waals surface area contributed by atoms with Gasteiger partial charge in [0.05, 0.1) is 13.2 Å². The van der Waals surface area contributed by atoms with Gasteiger partial charge in [0.15, 0.2) is 0 Å². The van der Waals surface area contributed by atoms with Crippen molar-refractivity contribution in [1.82, 2.24) is 0 Å². The number of rotatable bonds is 24. The zero-order valence-corrected chi connectivity index (χ0v) is 20.8. The zero-order chi connectivity index (χ0) is 20.5. The molecule has 0 unspecified atom stereocenters. The molecule has 4 heteroatoms. The van der Waals surface area contributed by atoms with Crippen molar-refractivity contribution in [3.05, 3.63) is 0 Å². The first kappa shape index (κ1) is 28.6. The third-order valence-electron chi connectivity index (χ3n) is 5.38. The average molecular weight is 437 g/mol. The minimum Gasteiger partial charge on any atom is -0.322 e. The second kappa shape index (κ2) is 25.7. The van der Waals surface area contributed by atoms with Gasteiger partial charge in [-0.3, -0.25) is 0 Å². The zero-order valence-electron chi connectivity index (χ0n) is 19.2. The molecule has 28 heavy (non-hydrogen) atoms. The van der Waals surface area contributed by atoms with Gasteiger partial charge in [-0.05, 0) is 24.1 Å². The van der Waals surface area contributed by atoms with Gasteiger partial charge in [0.25, 0.3) is 7.73 Å². The van der Waals surface area contributed by atoms with Crippen LogP contribution in [0.1, 0.15) is 142 Å². The Morgan fingerprint density at radius 2 is 0.679 bits per heavy atom. The minimum atomic E-state index is -1.18. The van der Waals surface area contributed by atoms with E-state index in [0.29, 0.717) is 0 Å². The lowest BCUT2D eigenvalue weighted by Gasteiger charge is -2.10. The first-order chi connectivity index (χ1) is 13.8. The molecular formula is C24H50ClO2P. The van der Waals surface area contributed by atoms with E-state index in [4.69, 9.17) is 20.3 Å². The number of halogens is 1. The number of unbranched alkanes of at least 4 members (excludes halogenated alkanes) is 18. The van der Waals surface area contributed by atoms with Crippen molar-refractivity contribution in [2.24, 2.45) is 0 Å². The fraction of sp³-hybridized carbons (Fsp3) is 1.00. The second-order valence-corrected chi connectivity index (χ2v) is 10.0. The van der Waals surface area contributed by atoms with Crippen molar-refractivity contribution in [3.8, 4) is 0 Å². The van der Waals surface area contributed by atoms with Crippen LogP contribution in [-0.2, 0) is 9.05 Å². The molecule has 0 saturated carbocycles. The molecule has 0 aliphatic heterocycles. The van der Waals surface area contributed by atoms with Gasteiger partial charge in [-0.1, -0.05) is 129 Å². The summed E-state index contributed by atoms with van der Waals surface area (Å²) in [6.07, 6.45) is 26.9. The Morgan fingerprint density at radius 1 is 0.429 bits per heavy atom. The van der Waals surface area contributed by atoms with E-state index in [0.717, 1.165) is 26.1 Å². The van der Waals surface area contributed by atoms with Gasteiger partial charge >= 0.3 is 0 Å². The quantitative estimate of drug-likeness (QED) is 0.111. The van der Waals surface area contributed by atoms with Gasteiger partial charge < -0.3 is 9.05 Å². The second-order valence-electron chi connectivity index (χ2n) is 8.24. The van der Waals surface area contributed by atoms with Crippen molar-refractivity contribution < 1.29 is 9.05 Å². The summed E-state index contributed by atoms with van der Waals surface area (Å²) in [5.41, 5.74) is 0.